The average molecular weight is 370 g/mol. The summed E-state index contributed by atoms with van der Waals surface area (Å²) in [4.78, 5) is 16.1. The first-order valence-corrected chi connectivity index (χ1v) is 7.51. The predicted molar refractivity (Wildman–Crippen MR) is 87.1 cm³/mol. The quantitative estimate of drug-likeness (QED) is 0.861. The van der Waals surface area contributed by atoms with Crippen molar-refractivity contribution in [2.75, 3.05) is 5.32 Å². The first-order chi connectivity index (χ1) is 9.95. The second-order valence-electron chi connectivity index (χ2n) is 4.66. The molecule has 1 heterocycles. The van der Waals surface area contributed by atoms with Gasteiger partial charge in [-0.3, -0.25) is 9.78 Å². The lowest BCUT2D eigenvalue weighted by Gasteiger charge is -2.12. The van der Waals surface area contributed by atoms with E-state index in [0.29, 0.717) is 22.0 Å². The van der Waals surface area contributed by atoms with Crippen LogP contribution in [-0.4, -0.2) is 17.0 Å². The number of aromatic nitrogens is 1. The van der Waals surface area contributed by atoms with E-state index in [4.69, 9.17) is 16.3 Å². The van der Waals surface area contributed by atoms with E-state index in [2.05, 4.69) is 26.2 Å². The van der Waals surface area contributed by atoms with Crippen molar-refractivity contribution in [1.82, 2.24) is 4.98 Å². The Morgan fingerprint density at radius 3 is 2.71 bits per heavy atom. The molecular formula is C15H14BrClN2O2. The van der Waals surface area contributed by atoms with Crippen molar-refractivity contribution in [3.05, 3.63) is 51.7 Å². The van der Waals surface area contributed by atoms with Crippen molar-refractivity contribution >= 4 is 39.1 Å². The first kappa shape index (κ1) is 15.8. The summed E-state index contributed by atoms with van der Waals surface area (Å²) in [5, 5.41) is 3.22. The molecule has 1 aromatic heterocycles. The third-order valence-corrected chi connectivity index (χ3v) is 3.25. The summed E-state index contributed by atoms with van der Waals surface area (Å²) < 4.78 is 6.29. The number of benzene rings is 1. The van der Waals surface area contributed by atoms with Crippen LogP contribution in [0.15, 0.2) is 41.1 Å². The second-order valence-corrected chi connectivity index (χ2v) is 5.98. The Morgan fingerprint density at radius 1 is 1.33 bits per heavy atom. The average Bonchev–Trinajstić information content (AvgIpc) is 2.41. The Bertz CT molecular complexity index is 662. The molecule has 0 aliphatic rings. The zero-order valence-corrected chi connectivity index (χ0v) is 13.9. The number of anilines is 1. The van der Waals surface area contributed by atoms with E-state index in [1.54, 1.807) is 30.5 Å². The Kier molecular flexibility index (Phi) is 5.20. The van der Waals surface area contributed by atoms with Gasteiger partial charge < -0.3 is 10.1 Å². The molecule has 4 nitrogen and oxygen atoms in total. The van der Waals surface area contributed by atoms with Crippen LogP contribution in [0.25, 0.3) is 0 Å². The molecule has 21 heavy (non-hydrogen) atoms. The van der Waals surface area contributed by atoms with Gasteiger partial charge in [0.05, 0.1) is 16.7 Å². The number of carbonyl (C=O) groups is 1. The summed E-state index contributed by atoms with van der Waals surface area (Å²) in [6, 6.07) is 6.83. The van der Waals surface area contributed by atoms with Gasteiger partial charge in [-0.25, -0.2) is 0 Å². The molecule has 0 unspecified atom stereocenters. The van der Waals surface area contributed by atoms with Crippen molar-refractivity contribution in [3.8, 4) is 5.75 Å². The van der Waals surface area contributed by atoms with Crippen molar-refractivity contribution in [3.63, 3.8) is 0 Å². The highest BCUT2D eigenvalue weighted by Gasteiger charge is 2.09. The van der Waals surface area contributed by atoms with Crippen LogP contribution in [0.2, 0.25) is 5.02 Å². The smallest absolute Gasteiger partial charge is 0.257 e. The first-order valence-electron chi connectivity index (χ1n) is 6.34. The lowest BCUT2D eigenvalue weighted by Crippen LogP contribution is -2.12. The highest BCUT2D eigenvalue weighted by Crippen LogP contribution is 2.28. The zero-order valence-electron chi connectivity index (χ0n) is 11.6. The molecule has 0 spiro atoms. The molecule has 0 saturated carbocycles. The van der Waals surface area contributed by atoms with Gasteiger partial charge in [-0.1, -0.05) is 11.6 Å². The molecule has 2 rings (SSSR count). The van der Waals surface area contributed by atoms with Crippen LogP contribution in [0.4, 0.5) is 5.69 Å². The minimum absolute atomic E-state index is 0.0377. The van der Waals surface area contributed by atoms with Crippen molar-refractivity contribution in [2.24, 2.45) is 0 Å². The minimum atomic E-state index is -0.252. The molecule has 0 saturated heterocycles. The van der Waals surface area contributed by atoms with Crippen molar-refractivity contribution in [2.45, 2.75) is 20.0 Å². The summed E-state index contributed by atoms with van der Waals surface area (Å²) >= 11 is 9.41. The van der Waals surface area contributed by atoms with Gasteiger partial charge in [0, 0.05) is 22.6 Å². The van der Waals surface area contributed by atoms with Crippen LogP contribution in [0.5, 0.6) is 5.75 Å². The molecule has 1 aromatic carbocycles. The van der Waals surface area contributed by atoms with Gasteiger partial charge in [-0.2, -0.15) is 0 Å². The fourth-order valence-electron chi connectivity index (χ4n) is 1.67. The van der Waals surface area contributed by atoms with E-state index in [9.17, 15) is 4.79 Å². The predicted octanol–water partition coefficient (Wildman–Crippen LogP) is 4.54. The summed E-state index contributed by atoms with van der Waals surface area (Å²) in [5.74, 6) is 0.339. The topological polar surface area (TPSA) is 51.2 Å². The molecule has 0 aliphatic carbocycles. The Labute approximate surface area is 136 Å². The highest BCUT2D eigenvalue weighted by atomic mass is 79.9. The summed E-state index contributed by atoms with van der Waals surface area (Å²) in [5.41, 5.74) is 1.06. The van der Waals surface area contributed by atoms with Gasteiger partial charge in [-0.15, -0.1) is 0 Å². The molecule has 1 amide bonds. The Balaban J connectivity index is 2.13. The molecule has 2 aromatic rings. The molecule has 6 heteroatoms. The monoisotopic (exact) mass is 368 g/mol. The van der Waals surface area contributed by atoms with E-state index in [-0.39, 0.29) is 12.0 Å². The Morgan fingerprint density at radius 2 is 2.10 bits per heavy atom. The fourth-order valence-corrected chi connectivity index (χ4v) is 2.26. The lowest BCUT2D eigenvalue weighted by molar-refractivity contribution is 0.102. The lowest BCUT2D eigenvalue weighted by atomic mass is 10.2. The van der Waals surface area contributed by atoms with Crippen molar-refractivity contribution < 1.29 is 9.53 Å². The van der Waals surface area contributed by atoms with Crippen LogP contribution in [0, 0.1) is 0 Å². The van der Waals surface area contributed by atoms with Crippen LogP contribution < -0.4 is 10.1 Å². The largest absolute Gasteiger partial charge is 0.489 e. The SMILES string of the molecule is CC(C)Oc1ccc(NC(=O)c2cncc(Br)c2)cc1Cl. The molecule has 110 valence electrons. The maximum Gasteiger partial charge on any atom is 0.257 e. The molecule has 0 atom stereocenters. The summed E-state index contributed by atoms with van der Waals surface area (Å²) in [6.45, 7) is 3.85. The van der Waals surface area contributed by atoms with E-state index >= 15 is 0 Å². The number of hydrogen-bond donors (Lipinski definition) is 1. The number of carbonyl (C=O) groups excluding carboxylic acids is 1. The van der Waals surface area contributed by atoms with E-state index < -0.39 is 0 Å². The van der Waals surface area contributed by atoms with Crippen LogP contribution in [0.1, 0.15) is 24.2 Å². The molecule has 0 bridgehead atoms. The normalized spacial score (nSPS) is 10.5. The maximum atomic E-state index is 12.1. The molecule has 0 fully saturated rings. The number of pyridine rings is 1. The van der Waals surface area contributed by atoms with Gasteiger partial charge in [0.1, 0.15) is 5.75 Å². The number of halogens is 2. The second kappa shape index (κ2) is 6.91. The van der Waals surface area contributed by atoms with Gasteiger partial charge in [0.25, 0.3) is 5.91 Å². The summed E-state index contributed by atoms with van der Waals surface area (Å²) in [6.07, 6.45) is 3.15. The van der Waals surface area contributed by atoms with Gasteiger partial charge >= 0.3 is 0 Å². The van der Waals surface area contributed by atoms with Crippen molar-refractivity contribution in [1.29, 1.82) is 0 Å². The van der Waals surface area contributed by atoms with E-state index in [0.717, 1.165) is 4.47 Å². The fraction of sp³-hybridized carbons (Fsp3) is 0.200. The number of rotatable bonds is 4. The highest BCUT2D eigenvalue weighted by molar-refractivity contribution is 9.10. The van der Waals surface area contributed by atoms with Crippen LogP contribution in [0.3, 0.4) is 0 Å². The summed E-state index contributed by atoms with van der Waals surface area (Å²) in [7, 11) is 0. The number of hydrogen-bond acceptors (Lipinski definition) is 3. The number of amides is 1. The number of nitrogens with zero attached hydrogens (tertiary/aromatic N) is 1. The standard InChI is InChI=1S/C15H14BrClN2O2/c1-9(2)21-14-4-3-12(6-13(14)17)19-15(20)10-5-11(16)8-18-7-10/h3-9H,1-2H3,(H,19,20). The molecule has 0 aliphatic heterocycles. The Hall–Kier alpha value is -1.59. The third-order valence-electron chi connectivity index (χ3n) is 2.52. The van der Waals surface area contributed by atoms with Gasteiger partial charge in [0.2, 0.25) is 0 Å². The third kappa shape index (κ3) is 4.44. The molecular weight excluding hydrogens is 356 g/mol. The van der Waals surface area contributed by atoms with E-state index in [1.165, 1.54) is 6.20 Å². The maximum absolute atomic E-state index is 12.1. The van der Waals surface area contributed by atoms with E-state index in [1.807, 2.05) is 13.8 Å². The number of nitrogens with one attached hydrogen (secondary N) is 1. The van der Waals surface area contributed by atoms with Crippen LogP contribution >= 0.6 is 27.5 Å². The minimum Gasteiger partial charge on any atom is -0.489 e. The van der Waals surface area contributed by atoms with Gasteiger partial charge in [-0.05, 0) is 54.0 Å². The van der Waals surface area contributed by atoms with Gasteiger partial charge in [0.15, 0.2) is 0 Å². The zero-order chi connectivity index (χ0) is 15.4. The molecule has 1 N–H and O–H groups in total. The number of ether oxygens (including phenoxy) is 1. The van der Waals surface area contributed by atoms with Crippen LogP contribution in [-0.2, 0) is 0 Å². The molecule has 0 radical (unpaired) electrons.